The Morgan fingerprint density at radius 2 is 1.63 bits per heavy atom. The summed E-state index contributed by atoms with van der Waals surface area (Å²) in [5, 5.41) is 9.17. The predicted molar refractivity (Wildman–Crippen MR) is 121 cm³/mol. The Hall–Kier alpha value is -3.51. The van der Waals surface area contributed by atoms with Crippen LogP contribution >= 0.6 is 11.6 Å². The summed E-state index contributed by atoms with van der Waals surface area (Å²) in [6.07, 6.45) is 0. The lowest BCUT2D eigenvalue weighted by atomic mass is 10.1. The summed E-state index contributed by atoms with van der Waals surface area (Å²) in [6, 6.07) is 19.5. The van der Waals surface area contributed by atoms with Crippen molar-refractivity contribution in [1.29, 1.82) is 0 Å². The average Bonchev–Trinajstić information content (AvgIpc) is 2.75. The number of halogens is 1. The summed E-state index contributed by atoms with van der Waals surface area (Å²) in [5.41, 5.74) is 3.49. The van der Waals surface area contributed by atoms with Crippen LogP contribution in [-0.4, -0.2) is 25.5 Å². The van der Waals surface area contributed by atoms with E-state index in [0.29, 0.717) is 27.7 Å². The molecule has 0 fully saturated rings. The maximum absolute atomic E-state index is 12.3. The normalized spacial score (nSPS) is 10.2. The second kappa shape index (κ2) is 9.80. The van der Waals surface area contributed by atoms with E-state index < -0.39 is 0 Å². The molecule has 0 atom stereocenters. The first-order valence-electron chi connectivity index (χ1n) is 9.30. The van der Waals surface area contributed by atoms with E-state index in [2.05, 4.69) is 16.0 Å². The van der Waals surface area contributed by atoms with Crippen LogP contribution in [0.5, 0.6) is 5.75 Å². The molecule has 2 amide bonds. The number of benzene rings is 3. The van der Waals surface area contributed by atoms with Crippen molar-refractivity contribution < 1.29 is 14.3 Å². The Bertz CT molecular complexity index is 1050. The van der Waals surface area contributed by atoms with Crippen LogP contribution in [0.4, 0.5) is 17.1 Å². The first-order valence-corrected chi connectivity index (χ1v) is 9.68. The monoisotopic (exact) mass is 423 g/mol. The third-order valence-corrected chi connectivity index (χ3v) is 4.70. The molecule has 0 bridgehead atoms. The molecule has 7 heteroatoms. The van der Waals surface area contributed by atoms with Gasteiger partial charge in [0.05, 0.1) is 18.7 Å². The third kappa shape index (κ3) is 5.52. The number of anilines is 3. The lowest BCUT2D eigenvalue weighted by Gasteiger charge is -2.13. The van der Waals surface area contributed by atoms with Gasteiger partial charge in [-0.05, 0) is 55.0 Å². The molecule has 0 unspecified atom stereocenters. The molecule has 0 spiro atoms. The molecule has 0 radical (unpaired) electrons. The van der Waals surface area contributed by atoms with Crippen LogP contribution < -0.4 is 20.7 Å². The third-order valence-electron chi connectivity index (χ3n) is 4.41. The lowest BCUT2D eigenvalue weighted by molar-refractivity contribution is -0.114. The fourth-order valence-corrected chi connectivity index (χ4v) is 3.07. The van der Waals surface area contributed by atoms with Crippen LogP contribution in [0.1, 0.15) is 15.9 Å². The lowest BCUT2D eigenvalue weighted by Crippen LogP contribution is -2.22. The van der Waals surface area contributed by atoms with Gasteiger partial charge in [-0.1, -0.05) is 35.9 Å². The van der Waals surface area contributed by atoms with E-state index in [-0.39, 0.29) is 18.4 Å². The van der Waals surface area contributed by atoms with Crippen molar-refractivity contribution in [2.24, 2.45) is 0 Å². The van der Waals surface area contributed by atoms with Crippen LogP contribution in [0.2, 0.25) is 5.02 Å². The number of carbonyl (C=O) groups excluding carboxylic acids is 2. The van der Waals surface area contributed by atoms with Crippen molar-refractivity contribution in [1.82, 2.24) is 0 Å². The highest BCUT2D eigenvalue weighted by Gasteiger charge is 2.09. The maximum Gasteiger partial charge on any atom is 0.255 e. The molecule has 0 aliphatic carbocycles. The maximum atomic E-state index is 12.3. The number of hydrogen-bond acceptors (Lipinski definition) is 4. The number of ether oxygens (including phenoxy) is 1. The van der Waals surface area contributed by atoms with Gasteiger partial charge >= 0.3 is 0 Å². The van der Waals surface area contributed by atoms with Crippen LogP contribution in [0, 0.1) is 6.92 Å². The molecular formula is C23H22ClN3O3. The van der Waals surface area contributed by atoms with E-state index in [4.69, 9.17) is 16.3 Å². The van der Waals surface area contributed by atoms with Crippen molar-refractivity contribution in [2.75, 3.05) is 29.6 Å². The Kier molecular flexibility index (Phi) is 6.93. The molecule has 0 saturated heterocycles. The summed E-state index contributed by atoms with van der Waals surface area (Å²) in [5.74, 6) is 0.117. The molecular weight excluding hydrogens is 402 g/mol. The molecule has 3 N–H and O–H groups in total. The Morgan fingerprint density at radius 3 is 2.33 bits per heavy atom. The molecule has 0 aliphatic heterocycles. The SMILES string of the molecule is COc1ccc(NC(=O)CNc2cc(NC(=O)c3ccccc3)ccc2C)cc1Cl. The van der Waals surface area contributed by atoms with Crippen LogP contribution in [0.25, 0.3) is 0 Å². The molecule has 0 aliphatic rings. The van der Waals surface area contributed by atoms with Crippen molar-refractivity contribution in [3.05, 3.63) is 82.9 Å². The summed E-state index contributed by atoms with van der Waals surface area (Å²) in [4.78, 5) is 24.6. The summed E-state index contributed by atoms with van der Waals surface area (Å²) in [7, 11) is 1.53. The van der Waals surface area contributed by atoms with Gasteiger partial charge in [0, 0.05) is 22.6 Å². The van der Waals surface area contributed by atoms with Crippen LogP contribution in [0.15, 0.2) is 66.7 Å². The van der Waals surface area contributed by atoms with Crippen molar-refractivity contribution >= 4 is 40.5 Å². The van der Waals surface area contributed by atoms with E-state index in [0.717, 1.165) is 11.3 Å². The van der Waals surface area contributed by atoms with Crippen molar-refractivity contribution in [2.45, 2.75) is 6.92 Å². The zero-order chi connectivity index (χ0) is 21.5. The smallest absolute Gasteiger partial charge is 0.255 e. The van der Waals surface area contributed by atoms with Crippen LogP contribution in [0.3, 0.4) is 0 Å². The van der Waals surface area contributed by atoms with Crippen molar-refractivity contribution in [3.63, 3.8) is 0 Å². The number of methoxy groups -OCH3 is 1. The number of aryl methyl sites for hydroxylation is 1. The van der Waals surface area contributed by atoms with Gasteiger partial charge in [-0.15, -0.1) is 0 Å². The molecule has 30 heavy (non-hydrogen) atoms. The highest BCUT2D eigenvalue weighted by Crippen LogP contribution is 2.27. The Balaban J connectivity index is 1.61. The Labute approximate surface area is 180 Å². The molecule has 6 nitrogen and oxygen atoms in total. The van der Waals surface area contributed by atoms with Gasteiger partial charge < -0.3 is 20.7 Å². The standard InChI is InChI=1S/C23H22ClN3O3/c1-15-8-9-18(27-23(29)16-6-4-3-5-7-16)13-20(15)25-14-22(28)26-17-10-11-21(30-2)19(24)12-17/h3-13,25H,14H2,1-2H3,(H,26,28)(H,27,29). The number of amides is 2. The molecule has 154 valence electrons. The average molecular weight is 424 g/mol. The molecule has 3 aromatic rings. The van der Waals surface area contributed by atoms with E-state index in [9.17, 15) is 9.59 Å². The van der Waals surface area contributed by atoms with Gasteiger partial charge in [0.2, 0.25) is 5.91 Å². The Morgan fingerprint density at radius 1 is 0.933 bits per heavy atom. The number of hydrogen-bond donors (Lipinski definition) is 3. The van der Waals surface area contributed by atoms with E-state index in [1.807, 2.05) is 37.3 Å². The number of nitrogens with one attached hydrogen (secondary N) is 3. The summed E-state index contributed by atoms with van der Waals surface area (Å²) in [6.45, 7) is 1.98. The quantitative estimate of drug-likeness (QED) is 0.501. The van der Waals surface area contributed by atoms with Gasteiger partial charge in [0.1, 0.15) is 5.75 Å². The fraction of sp³-hybridized carbons (Fsp3) is 0.130. The number of carbonyl (C=O) groups is 2. The second-order valence-electron chi connectivity index (χ2n) is 6.60. The predicted octanol–water partition coefficient (Wildman–Crippen LogP) is 4.96. The van der Waals surface area contributed by atoms with Crippen molar-refractivity contribution in [3.8, 4) is 5.75 Å². The zero-order valence-corrected chi connectivity index (χ0v) is 17.4. The minimum Gasteiger partial charge on any atom is -0.495 e. The molecule has 0 heterocycles. The summed E-state index contributed by atoms with van der Waals surface area (Å²) < 4.78 is 5.10. The molecule has 3 rings (SSSR count). The summed E-state index contributed by atoms with van der Waals surface area (Å²) >= 11 is 6.08. The fourth-order valence-electron chi connectivity index (χ4n) is 2.81. The molecule has 0 aromatic heterocycles. The topological polar surface area (TPSA) is 79.5 Å². The largest absolute Gasteiger partial charge is 0.495 e. The first-order chi connectivity index (χ1) is 14.5. The molecule has 3 aromatic carbocycles. The van der Waals surface area contributed by atoms with E-state index in [1.165, 1.54) is 7.11 Å². The van der Waals surface area contributed by atoms with Gasteiger partial charge in [0.15, 0.2) is 0 Å². The van der Waals surface area contributed by atoms with Gasteiger partial charge in [0.25, 0.3) is 5.91 Å². The minimum atomic E-state index is -0.227. The van der Waals surface area contributed by atoms with Crippen LogP contribution in [-0.2, 0) is 4.79 Å². The minimum absolute atomic E-state index is 0.0561. The molecule has 0 saturated carbocycles. The second-order valence-corrected chi connectivity index (χ2v) is 7.01. The van der Waals surface area contributed by atoms with E-state index in [1.54, 1.807) is 36.4 Å². The van der Waals surface area contributed by atoms with Gasteiger partial charge in [-0.2, -0.15) is 0 Å². The van der Waals surface area contributed by atoms with Gasteiger partial charge in [-0.25, -0.2) is 0 Å². The van der Waals surface area contributed by atoms with E-state index >= 15 is 0 Å². The zero-order valence-electron chi connectivity index (χ0n) is 16.7. The number of rotatable bonds is 7. The highest BCUT2D eigenvalue weighted by molar-refractivity contribution is 6.32. The highest BCUT2D eigenvalue weighted by atomic mass is 35.5. The van der Waals surface area contributed by atoms with Gasteiger partial charge in [-0.3, -0.25) is 9.59 Å². The first kappa shape index (κ1) is 21.2.